The summed E-state index contributed by atoms with van der Waals surface area (Å²) in [6, 6.07) is 3.34. The van der Waals surface area contributed by atoms with Crippen molar-refractivity contribution in [2.75, 3.05) is 5.73 Å². The third-order valence-electron chi connectivity index (χ3n) is 3.45. The molecular formula is C14H19NO3. The smallest absolute Gasteiger partial charge is 0.337 e. The van der Waals surface area contributed by atoms with Gasteiger partial charge in [-0.1, -0.05) is 6.42 Å². The Kier molecular flexibility index (Phi) is 3.75. The van der Waals surface area contributed by atoms with E-state index in [2.05, 4.69) is 0 Å². The number of carbonyl (C=O) groups is 1. The van der Waals surface area contributed by atoms with Crippen LogP contribution in [0.2, 0.25) is 0 Å². The van der Waals surface area contributed by atoms with Crippen molar-refractivity contribution in [3.05, 3.63) is 23.3 Å². The first-order chi connectivity index (χ1) is 8.58. The maximum atomic E-state index is 11.1. The average Bonchev–Trinajstić information content (AvgIpc) is 2.34. The highest BCUT2D eigenvalue weighted by Gasteiger charge is 2.17. The predicted octanol–water partition coefficient (Wildman–Crippen LogP) is 2.99. The number of benzene rings is 1. The molecule has 1 aliphatic rings. The number of aromatic carboxylic acids is 1. The molecule has 4 heteroatoms. The molecule has 0 aliphatic heterocycles. The zero-order chi connectivity index (χ0) is 13.1. The average molecular weight is 249 g/mol. The van der Waals surface area contributed by atoms with Crippen molar-refractivity contribution in [3.8, 4) is 5.75 Å². The van der Waals surface area contributed by atoms with Gasteiger partial charge < -0.3 is 15.6 Å². The first-order valence-electron chi connectivity index (χ1n) is 6.38. The molecule has 0 spiro atoms. The Bertz CT molecular complexity index is 451. The fourth-order valence-corrected chi connectivity index (χ4v) is 2.39. The molecule has 0 saturated heterocycles. The molecule has 1 aromatic rings. The second kappa shape index (κ2) is 5.29. The molecule has 0 aromatic heterocycles. The first kappa shape index (κ1) is 12.7. The summed E-state index contributed by atoms with van der Waals surface area (Å²) in [5.74, 6) is -0.393. The molecular weight excluding hydrogens is 230 g/mol. The molecule has 1 saturated carbocycles. The molecule has 0 unspecified atom stereocenters. The maximum Gasteiger partial charge on any atom is 0.337 e. The van der Waals surface area contributed by atoms with E-state index in [-0.39, 0.29) is 11.7 Å². The molecule has 3 N–H and O–H groups in total. The third-order valence-corrected chi connectivity index (χ3v) is 3.45. The zero-order valence-electron chi connectivity index (χ0n) is 10.6. The molecule has 0 atom stereocenters. The molecule has 0 amide bonds. The summed E-state index contributed by atoms with van der Waals surface area (Å²) in [7, 11) is 0. The number of carboxylic acid groups (broad SMARTS) is 1. The topological polar surface area (TPSA) is 72.5 Å². The van der Waals surface area contributed by atoms with Gasteiger partial charge in [0.25, 0.3) is 0 Å². The summed E-state index contributed by atoms with van der Waals surface area (Å²) in [6.45, 7) is 1.80. The van der Waals surface area contributed by atoms with Gasteiger partial charge in [-0.2, -0.15) is 0 Å². The van der Waals surface area contributed by atoms with Gasteiger partial charge in [0.05, 0.1) is 11.7 Å². The lowest BCUT2D eigenvalue weighted by Crippen LogP contribution is -2.20. The maximum absolute atomic E-state index is 11.1. The second-order valence-electron chi connectivity index (χ2n) is 4.88. The normalized spacial score (nSPS) is 16.5. The molecule has 4 nitrogen and oxygen atoms in total. The van der Waals surface area contributed by atoms with Crippen molar-refractivity contribution in [3.63, 3.8) is 0 Å². The number of hydrogen-bond acceptors (Lipinski definition) is 3. The highest BCUT2D eigenvalue weighted by Crippen LogP contribution is 2.28. The van der Waals surface area contributed by atoms with Crippen molar-refractivity contribution in [1.29, 1.82) is 0 Å². The van der Waals surface area contributed by atoms with Gasteiger partial charge in [0, 0.05) is 5.69 Å². The molecule has 1 aliphatic carbocycles. The van der Waals surface area contributed by atoms with Gasteiger partial charge in [0.1, 0.15) is 5.75 Å². The van der Waals surface area contributed by atoms with Gasteiger partial charge in [-0.3, -0.25) is 0 Å². The fourth-order valence-electron chi connectivity index (χ4n) is 2.39. The van der Waals surface area contributed by atoms with Crippen LogP contribution >= 0.6 is 0 Å². The Morgan fingerprint density at radius 2 is 2.00 bits per heavy atom. The van der Waals surface area contributed by atoms with Gasteiger partial charge in [-0.15, -0.1) is 0 Å². The minimum atomic E-state index is -1.01. The van der Waals surface area contributed by atoms with Gasteiger partial charge >= 0.3 is 5.97 Å². The Balaban J connectivity index is 2.20. The number of nitrogens with two attached hydrogens (primary N) is 1. The van der Waals surface area contributed by atoms with Crippen molar-refractivity contribution in [2.45, 2.75) is 45.1 Å². The standard InChI is InChI=1S/C14H19NO3/c1-9-7-11(8-12(13(9)15)14(16)17)18-10-5-3-2-4-6-10/h7-8,10H,2-6,15H2,1H3,(H,16,17). The van der Waals surface area contributed by atoms with Crippen LogP contribution in [0.25, 0.3) is 0 Å². The zero-order valence-corrected chi connectivity index (χ0v) is 10.6. The van der Waals surface area contributed by atoms with E-state index >= 15 is 0 Å². The Morgan fingerprint density at radius 1 is 1.33 bits per heavy atom. The van der Waals surface area contributed by atoms with Gasteiger partial charge in [-0.25, -0.2) is 4.79 Å². The van der Waals surface area contributed by atoms with Crippen LogP contribution in [0, 0.1) is 6.92 Å². The van der Waals surface area contributed by atoms with Crippen LogP contribution in [0.4, 0.5) is 5.69 Å². The second-order valence-corrected chi connectivity index (χ2v) is 4.88. The number of rotatable bonds is 3. The molecule has 1 aromatic carbocycles. The van der Waals surface area contributed by atoms with Gasteiger partial charge in [0.2, 0.25) is 0 Å². The van der Waals surface area contributed by atoms with Crippen molar-refractivity contribution >= 4 is 11.7 Å². The van der Waals surface area contributed by atoms with Crippen LogP contribution in [0.15, 0.2) is 12.1 Å². The fraction of sp³-hybridized carbons (Fsp3) is 0.500. The Labute approximate surface area is 107 Å². The summed E-state index contributed by atoms with van der Waals surface area (Å²) < 4.78 is 5.86. The highest BCUT2D eigenvalue weighted by atomic mass is 16.5. The molecule has 2 rings (SSSR count). The van der Waals surface area contributed by atoms with E-state index in [1.54, 1.807) is 6.92 Å². The summed E-state index contributed by atoms with van der Waals surface area (Å²) in [5, 5.41) is 9.08. The van der Waals surface area contributed by atoms with Crippen LogP contribution in [-0.4, -0.2) is 17.2 Å². The van der Waals surface area contributed by atoms with Crippen molar-refractivity contribution < 1.29 is 14.6 Å². The SMILES string of the molecule is Cc1cc(OC2CCCCC2)cc(C(=O)O)c1N. The molecule has 98 valence electrons. The minimum absolute atomic E-state index is 0.126. The van der Waals surface area contributed by atoms with Crippen LogP contribution < -0.4 is 10.5 Å². The number of nitrogen functional groups attached to an aromatic ring is 1. The highest BCUT2D eigenvalue weighted by molar-refractivity contribution is 5.95. The summed E-state index contributed by atoms with van der Waals surface area (Å²) in [6.07, 6.45) is 5.94. The number of aryl methyl sites for hydroxylation is 1. The number of hydrogen-bond donors (Lipinski definition) is 2. The first-order valence-corrected chi connectivity index (χ1v) is 6.38. The Hall–Kier alpha value is -1.71. The molecule has 0 bridgehead atoms. The van der Waals surface area contributed by atoms with E-state index in [1.165, 1.54) is 25.3 Å². The Morgan fingerprint density at radius 3 is 2.61 bits per heavy atom. The summed E-state index contributed by atoms with van der Waals surface area (Å²) >= 11 is 0. The number of carboxylic acids is 1. The van der Waals surface area contributed by atoms with E-state index in [1.807, 2.05) is 6.07 Å². The lowest BCUT2D eigenvalue weighted by Gasteiger charge is -2.23. The summed E-state index contributed by atoms with van der Waals surface area (Å²) in [4.78, 5) is 11.1. The van der Waals surface area contributed by atoms with Crippen LogP contribution in [0.5, 0.6) is 5.75 Å². The molecule has 0 radical (unpaired) electrons. The van der Waals surface area contributed by atoms with E-state index < -0.39 is 5.97 Å². The summed E-state index contributed by atoms with van der Waals surface area (Å²) in [5.41, 5.74) is 6.94. The van der Waals surface area contributed by atoms with Crippen LogP contribution in [-0.2, 0) is 0 Å². The number of ether oxygens (including phenoxy) is 1. The minimum Gasteiger partial charge on any atom is -0.490 e. The van der Waals surface area contributed by atoms with Crippen LogP contribution in [0.3, 0.4) is 0 Å². The van der Waals surface area contributed by atoms with E-state index in [0.717, 1.165) is 18.4 Å². The predicted molar refractivity (Wildman–Crippen MR) is 70.1 cm³/mol. The lowest BCUT2D eigenvalue weighted by atomic mass is 9.97. The molecule has 1 fully saturated rings. The van der Waals surface area contributed by atoms with Crippen molar-refractivity contribution in [2.24, 2.45) is 0 Å². The van der Waals surface area contributed by atoms with Crippen LogP contribution in [0.1, 0.15) is 48.0 Å². The largest absolute Gasteiger partial charge is 0.490 e. The van der Waals surface area contributed by atoms with Gasteiger partial charge in [-0.05, 0) is 50.3 Å². The van der Waals surface area contributed by atoms with E-state index in [0.29, 0.717) is 11.4 Å². The van der Waals surface area contributed by atoms with Crippen molar-refractivity contribution in [1.82, 2.24) is 0 Å². The van der Waals surface area contributed by atoms with E-state index in [4.69, 9.17) is 15.6 Å². The quantitative estimate of drug-likeness (QED) is 0.808. The van der Waals surface area contributed by atoms with E-state index in [9.17, 15) is 4.79 Å². The third kappa shape index (κ3) is 2.75. The monoisotopic (exact) mass is 249 g/mol. The molecule has 18 heavy (non-hydrogen) atoms. The molecule has 0 heterocycles. The van der Waals surface area contributed by atoms with Gasteiger partial charge in [0.15, 0.2) is 0 Å². The number of anilines is 1. The lowest BCUT2D eigenvalue weighted by molar-refractivity contribution is 0.0696.